The second-order valence-electron chi connectivity index (χ2n) is 7.56. The van der Waals surface area contributed by atoms with Gasteiger partial charge in [0.25, 0.3) is 0 Å². The number of aromatic nitrogens is 1. The van der Waals surface area contributed by atoms with Gasteiger partial charge in [0.05, 0.1) is 16.7 Å². The third kappa shape index (κ3) is 2.56. The molecule has 2 heteroatoms. The van der Waals surface area contributed by atoms with Gasteiger partial charge in [0.15, 0.2) is 0 Å². The lowest BCUT2D eigenvalue weighted by atomic mass is 9.98. The van der Waals surface area contributed by atoms with Gasteiger partial charge in [0.2, 0.25) is 0 Å². The Kier molecular flexibility index (Phi) is 3.90. The Morgan fingerprint density at radius 2 is 1.07 bits per heavy atom. The molecule has 6 rings (SSSR count). The summed E-state index contributed by atoms with van der Waals surface area (Å²) in [5.41, 5.74) is 5.97. The fourth-order valence-corrected chi connectivity index (χ4v) is 4.65. The minimum Gasteiger partial charge on any atom is -0.308 e. The normalized spacial score (nSPS) is 11.5. The molecular formula is C28H18ClN. The number of halogens is 1. The molecule has 0 bridgehead atoms. The van der Waals surface area contributed by atoms with Crippen molar-refractivity contribution in [2.75, 3.05) is 0 Å². The highest BCUT2D eigenvalue weighted by Gasteiger charge is 2.17. The number of nitrogens with zero attached hydrogens (tertiary/aromatic N) is 1. The van der Waals surface area contributed by atoms with Crippen LogP contribution < -0.4 is 0 Å². The molecule has 5 aromatic carbocycles. The quantitative estimate of drug-likeness (QED) is 0.274. The fraction of sp³-hybridized carbons (Fsp3) is 0. The molecule has 142 valence electrons. The van der Waals surface area contributed by atoms with Crippen molar-refractivity contribution in [3.8, 4) is 16.8 Å². The lowest BCUT2D eigenvalue weighted by Crippen LogP contribution is -1.98. The van der Waals surface area contributed by atoms with E-state index in [9.17, 15) is 0 Å². The molecule has 1 heterocycles. The molecule has 0 amide bonds. The average Bonchev–Trinajstić information content (AvgIpc) is 3.13. The first-order valence-corrected chi connectivity index (χ1v) is 10.5. The van der Waals surface area contributed by atoms with Crippen LogP contribution >= 0.6 is 11.6 Å². The first-order valence-electron chi connectivity index (χ1n) is 10.1. The van der Waals surface area contributed by atoms with Crippen LogP contribution in [0.4, 0.5) is 0 Å². The number of para-hydroxylation sites is 2. The van der Waals surface area contributed by atoms with Crippen LogP contribution in [0.25, 0.3) is 49.4 Å². The maximum Gasteiger partial charge on any atom is 0.0618 e. The predicted molar refractivity (Wildman–Crippen MR) is 129 cm³/mol. The third-order valence-corrected chi connectivity index (χ3v) is 6.11. The smallest absolute Gasteiger partial charge is 0.0618 e. The van der Waals surface area contributed by atoms with Crippen molar-refractivity contribution in [2.24, 2.45) is 0 Å². The summed E-state index contributed by atoms with van der Waals surface area (Å²) >= 11 is 6.18. The van der Waals surface area contributed by atoms with E-state index in [-0.39, 0.29) is 0 Å². The molecule has 1 nitrogen and oxygen atoms in total. The molecule has 0 saturated carbocycles. The molecule has 0 saturated heterocycles. The third-order valence-electron chi connectivity index (χ3n) is 5.86. The van der Waals surface area contributed by atoms with Crippen molar-refractivity contribution in [3.05, 3.63) is 114 Å². The zero-order chi connectivity index (χ0) is 20.1. The summed E-state index contributed by atoms with van der Waals surface area (Å²) in [7, 11) is 0. The number of rotatable bonds is 2. The van der Waals surface area contributed by atoms with E-state index in [1.807, 2.05) is 12.1 Å². The average molecular weight is 404 g/mol. The Morgan fingerprint density at radius 3 is 1.73 bits per heavy atom. The summed E-state index contributed by atoms with van der Waals surface area (Å²) in [6.45, 7) is 0. The summed E-state index contributed by atoms with van der Waals surface area (Å²) in [6.07, 6.45) is 0. The fourth-order valence-electron chi connectivity index (χ4n) is 4.52. The molecule has 0 atom stereocenters. The van der Waals surface area contributed by atoms with Gasteiger partial charge < -0.3 is 4.57 Å². The van der Waals surface area contributed by atoms with Gasteiger partial charge in [-0.1, -0.05) is 96.5 Å². The van der Waals surface area contributed by atoms with E-state index in [1.165, 1.54) is 43.8 Å². The lowest BCUT2D eigenvalue weighted by molar-refractivity contribution is 1.20. The highest BCUT2D eigenvalue weighted by Crippen LogP contribution is 2.39. The van der Waals surface area contributed by atoms with Crippen LogP contribution in [0.15, 0.2) is 109 Å². The molecule has 0 aliphatic carbocycles. The van der Waals surface area contributed by atoms with Crippen molar-refractivity contribution >= 4 is 44.2 Å². The summed E-state index contributed by atoms with van der Waals surface area (Å²) in [4.78, 5) is 0. The number of fused-ring (bicyclic) bond motifs is 4. The van der Waals surface area contributed by atoms with Gasteiger partial charge in [-0.25, -0.2) is 0 Å². The molecule has 6 aromatic rings. The van der Waals surface area contributed by atoms with Crippen LogP contribution in [-0.2, 0) is 0 Å². The molecule has 0 aliphatic rings. The van der Waals surface area contributed by atoms with Crippen molar-refractivity contribution in [2.45, 2.75) is 0 Å². The van der Waals surface area contributed by atoms with Crippen molar-refractivity contribution in [1.82, 2.24) is 4.57 Å². The van der Waals surface area contributed by atoms with Crippen LogP contribution in [-0.4, -0.2) is 4.57 Å². The van der Waals surface area contributed by atoms with Crippen molar-refractivity contribution < 1.29 is 0 Å². The molecule has 0 unspecified atom stereocenters. The van der Waals surface area contributed by atoms with Crippen LogP contribution in [0, 0.1) is 0 Å². The monoisotopic (exact) mass is 403 g/mol. The summed E-state index contributed by atoms with van der Waals surface area (Å²) in [5.74, 6) is 0. The topological polar surface area (TPSA) is 4.93 Å². The highest BCUT2D eigenvalue weighted by molar-refractivity contribution is 6.30. The highest BCUT2D eigenvalue weighted by atomic mass is 35.5. The molecule has 0 radical (unpaired) electrons. The molecule has 0 aliphatic heterocycles. The Balaban J connectivity index is 1.83. The van der Waals surface area contributed by atoms with Gasteiger partial charge >= 0.3 is 0 Å². The van der Waals surface area contributed by atoms with E-state index >= 15 is 0 Å². The SMILES string of the molecule is Clc1ccc(-c2ccc3ccccc3c2-n2c3ccccc3c3ccccc32)cc1. The van der Waals surface area contributed by atoms with Crippen molar-refractivity contribution in [3.63, 3.8) is 0 Å². The van der Waals surface area contributed by atoms with E-state index < -0.39 is 0 Å². The molecule has 0 fully saturated rings. The number of hydrogen-bond donors (Lipinski definition) is 0. The van der Waals surface area contributed by atoms with E-state index in [4.69, 9.17) is 11.6 Å². The Labute approximate surface area is 179 Å². The Bertz CT molecular complexity index is 1490. The molecule has 0 spiro atoms. The second kappa shape index (κ2) is 6.76. The summed E-state index contributed by atoms with van der Waals surface area (Å²) < 4.78 is 2.41. The molecular weight excluding hydrogens is 386 g/mol. The van der Waals surface area contributed by atoms with E-state index in [1.54, 1.807) is 0 Å². The van der Waals surface area contributed by atoms with Crippen LogP contribution in [0.3, 0.4) is 0 Å². The van der Waals surface area contributed by atoms with Crippen LogP contribution in [0.5, 0.6) is 0 Å². The Morgan fingerprint density at radius 1 is 0.500 bits per heavy atom. The van der Waals surface area contributed by atoms with E-state index in [0.717, 1.165) is 10.6 Å². The van der Waals surface area contributed by atoms with Crippen LogP contribution in [0.2, 0.25) is 5.02 Å². The van der Waals surface area contributed by atoms with Gasteiger partial charge in [-0.2, -0.15) is 0 Å². The maximum atomic E-state index is 6.18. The minimum atomic E-state index is 0.748. The summed E-state index contributed by atoms with van der Waals surface area (Å²) in [5, 5.41) is 5.74. The van der Waals surface area contributed by atoms with Gasteiger partial charge in [0, 0.05) is 26.7 Å². The number of benzene rings is 5. The largest absolute Gasteiger partial charge is 0.308 e. The summed E-state index contributed by atoms with van der Waals surface area (Å²) in [6, 6.07) is 38.5. The first-order chi connectivity index (χ1) is 14.8. The van der Waals surface area contributed by atoms with Gasteiger partial charge in [0.1, 0.15) is 0 Å². The zero-order valence-electron chi connectivity index (χ0n) is 16.2. The standard InChI is InChI=1S/C28H18ClN/c29-21-16-13-20(14-17-21)23-18-15-19-7-1-2-8-22(19)28(23)30-26-11-5-3-9-24(26)25-10-4-6-12-27(25)30/h1-18H. The number of hydrogen-bond acceptors (Lipinski definition) is 0. The van der Waals surface area contributed by atoms with E-state index in [2.05, 4.69) is 102 Å². The first kappa shape index (κ1) is 17.3. The van der Waals surface area contributed by atoms with Gasteiger partial charge in [-0.3, -0.25) is 0 Å². The lowest BCUT2D eigenvalue weighted by Gasteiger charge is -2.17. The minimum absolute atomic E-state index is 0.748. The van der Waals surface area contributed by atoms with E-state index in [0.29, 0.717) is 0 Å². The Hall–Kier alpha value is -3.55. The van der Waals surface area contributed by atoms with Crippen molar-refractivity contribution in [1.29, 1.82) is 0 Å². The van der Waals surface area contributed by atoms with Gasteiger partial charge in [-0.15, -0.1) is 0 Å². The zero-order valence-corrected chi connectivity index (χ0v) is 17.0. The molecule has 30 heavy (non-hydrogen) atoms. The van der Waals surface area contributed by atoms with Gasteiger partial charge in [-0.05, 0) is 35.2 Å². The molecule has 0 N–H and O–H groups in total. The maximum absolute atomic E-state index is 6.18. The predicted octanol–water partition coefficient (Wildman–Crippen LogP) is 8.26. The van der Waals surface area contributed by atoms with Crippen LogP contribution in [0.1, 0.15) is 0 Å². The second-order valence-corrected chi connectivity index (χ2v) is 8.00. The molecule has 1 aromatic heterocycles.